The highest BCUT2D eigenvalue weighted by atomic mass is 35.5. The van der Waals surface area contributed by atoms with Crippen molar-refractivity contribution in [2.75, 3.05) is 11.2 Å². The van der Waals surface area contributed by atoms with Crippen molar-refractivity contribution >= 4 is 17.3 Å². The van der Waals surface area contributed by atoms with Gasteiger partial charge in [0.25, 0.3) is 0 Å². The zero-order valence-electron chi connectivity index (χ0n) is 10.00. The lowest BCUT2D eigenvalue weighted by atomic mass is 10.1. The molecule has 0 aromatic heterocycles. The van der Waals surface area contributed by atoms with Crippen molar-refractivity contribution in [1.29, 1.82) is 0 Å². The molecule has 0 unspecified atom stereocenters. The van der Waals surface area contributed by atoms with Gasteiger partial charge in [-0.15, -0.1) is 11.6 Å². The molecule has 0 fully saturated rings. The molecule has 0 aliphatic carbocycles. The number of anilines is 1. The van der Waals surface area contributed by atoms with Crippen LogP contribution in [-0.2, 0) is 13.0 Å². The Morgan fingerprint density at radius 2 is 1.72 bits per heavy atom. The molecule has 0 atom stereocenters. The third-order valence-corrected chi connectivity index (χ3v) is 2.97. The lowest BCUT2D eigenvalue weighted by molar-refractivity contribution is 0.613. The first-order valence-corrected chi connectivity index (χ1v) is 6.45. The molecule has 0 amide bonds. The maximum absolute atomic E-state index is 13.4. The van der Waals surface area contributed by atoms with Crippen LogP contribution in [0, 0.1) is 5.82 Å². The monoisotopic (exact) mass is 263 g/mol. The van der Waals surface area contributed by atoms with E-state index in [9.17, 15) is 4.39 Å². The molecular formula is C15H15ClFN. The topological polar surface area (TPSA) is 12.0 Å². The fraction of sp³-hybridized carbons (Fsp3) is 0.200. The van der Waals surface area contributed by atoms with E-state index in [-0.39, 0.29) is 5.82 Å². The Kier molecular flexibility index (Phi) is 4.59. The first-order valence-electron chi connectivity index (χ1n) is 5.92. The van der Waals surface area contributed by atoms with Gasteiger partial charge in [-0.05, 0) is 30.2 Å². The average Bonchev–Trinajstić information content (AvgIpc) is 2.40. The standard InChI is InChI=1S/C15H15ClFN/c16-10-9-12-5-7-14(8-6-12)18-11-13-3-1-2-4-15(13)17/h1-8,18H,9-11H2. The molecular weight excluding hydrogens is 249 g/mol. The van der Waals surface area contributed by atoms with E-state index in [0.717, 1.165) is 12.1 Å². The Morgan fingerprint density at radius 3 is 2.39 bits per heavy atom. The second-order valence-electron chi connectivity index (χ2n) is 4.08. The summed E-state index contributed by atoms with van der Waals surface area (Å²) in [7, 11) is 0. The number of benzene rings is 2. The minimum absolute atomic E-state index is 0.177. The highest BCUT2D eigenvalue weighted by molar-refractivity contribution is 6.17. The zero-order valence-corrected chi connectivity index (χ0v) is 10.8. The zero-order chi connectivity index (χ0) is 12.8. The van der Waals surface area contributed by atoms with Gasteiger partial charge in [-0.3, -0.25) is 0 Å². The van der Waals surface area contributed by atoms with E-state index in [0.29, 0.717) is 18.0 Å². The number of hydrogen-bond acceptors (Lipinski definition) is 1. The molecule has 0 aliphatic rings. The summed E-state index contributed by atoms with van der Waals surface area (Å²) in [6, 6.07) is 14.8. The van der Waals surface area contributed by atoms with Crippen LogP contribution in [-0.4, -0.2) is 5.88 Å². The van der Waals surface area contributed by atoms with Crippen LogP contribution in [0.15, 0.2) is 48.5 Å². The molecule has 18 heavy (non-hydrogen) atoms. The second-order valence-corrected chi connectivity index (χ2v) is 4.46. The van der Waals surface area contributed by atoms with E-state index < -0.39 is 0 Å². The lowest BCUT2D eigenvalue weighted by Gasteiger charge is -2.08. The molecule has 0 radical (unpaired) electrons. The summed E-state index contributed by atoms with van der Waals surface area (Å²) in [5.41, 5.74) is 2.86. The van der Waals surface area contributed by atoms with Gasteiger partial charge in [0.15, 0.2) is 0 Å². The molecule has 0 aliphatic heterocycles. The summed E-state index contributed by atoms with van der Waals surface area (Å²) in [6.45, 7) is 0.488. The Balaban J connectivity index is 1.96. The van der Waals surface area contributed by atoms with E-state index in [1.165, 1.54) is 11.6 Å². The third-order valence-electron chi connectivity index (χ3n) is 2.78. The Bertz CT molecular complexity index is 496. The van der Waals surface area contributed by atoms with Gasteiger partial charge < -0.3 is 5.32 Å². The maximum atomic E-state index is 13.4. The van der Waals surface area contributed by atoms with E-state index >= 15 is 0 Å². The number of aryl methyl sites for hydroxylation is 1. The van der Waals surface area contributed by atoms with Crippen LogP contribution in [0.4, 0.5) is 10.1 Å². The first-order chi connectivity index (χ1) is 8.79. The summed E-state index contributed by atoms with van der Waals surface area (Å²) in [6.07, 6.45) is 0.870. The third kappa shape index (κ3) is 3.47. The molecule has 3 heteroatoms. The van der Waals surface area contributed by atoms with Crippen molar-refractivity contribution < 1.29 is 4.39 Å². The largest absolute Gasteiger partial charge is 0.381 e. The van der Waals surface area contributed by atoms with Crippen molar-refractivity contribution in [1.82, 2.24) is 0 Å². The number of nitrogens with one attached hydrogen (secondary N) is 1. The van der Waals surface area contributed by atoms with Crippen molar-refractivity contribution in [3.63, 3.8) is 0 Å². The minimum atomic E-state index is -0.177. The molecule has 2 rings (SSSR count). The predicted molar refractivity (Wildman–Crippen MR) is 74.6 cm³/mol. The molecule has 0 saturated heterocycles. The SMILES string of the molecule is Fc1ccccc1CNc1ccc(CCCl)cc1. The van der Waals surface area contributed by atoms with E-state index in [2.05, 4.69) is 5.32 Å². The quantitative estimate of drug-likeness (QED) is 0.797. The first kappa shape index (κ1) is 12.9. The van der Waals surface area contributed by atoms with Crippen LogP contribution >= 0.6 is 11.6 Å². The van der Waals surface area contributed by atoms with Gasteiger partial charge in [-0.1, -0.05) is 30.3 Å². The number of alkyl halides is 1. The van der Waals surface area contributed by atoms with E-state index in [4.69, 9.17) is 11.6 Å². The van der Waals surface area contributed by atoms with Crippen LogP contribution < -0.4 is 5.32 Å². The molecule has 94 valence electrons. The molecule has 0 bridgehead atoms. The van der Waals surface area contributed by atoms with Gasteiger partial charge in [0.05, 0.1) is 0 Å². The molecule has 0 saturated carbocycles. The van der Waals surface area contributed by atoms with Crippen molar-refractivity contribution in [3.05, 3.63) is 65.5 Å². The van der Waals surface area contributed by atoms with Crippen molar-refractivity contribution in [3.8, 4) is 0 Å². The summed E-state index contributed by atoms with van der Waals surface area (Å²) in [5, 5.41) is 3.20. The van der Waals surface area contributed by atoms with Crippen LogP contribution in [0.25, 0.3) is 0 Å². The average molecular weight is 264 g/mol. The van der Waals surface area contributed by atoms with E-state index in [1.54, 1.807) is 12.1 Å². The fourth-order valence-electron chi connectivity index (χ4n) is 1.74. The highest BCUT2D eigenvalue weighted by Gasteiger charge is 2.00. The number of hydrogen-bond donors (Lipinski definition) is 1. The minimum Gasteiger partial charge on any atom is -0.381 e. The van der Waals surface area contributed by atoms with E-state index in [1.807, 2.05) is 30.3 Å². The van der Waals surface area contributed by atoms with Crippen molar-refractivity contribution in [2.24, 2.45) is 0 Å². The Labute approximate surface area is 112 Å². The normalized spacial score (nSPS) is 10.3. The Hall–Kier alpha value is -1.54. The van der Waals surface area contributed by atoms with Gasteiger partial charge in [0.1, 0.15) is 5.82 Å². The summed E-state index contributed by atoms with van der Waals surface area (Å²) in [4.78, 5) is 0. The van der Waals surface area contributed by atoms with Crippen LogP contribution in [0.5, 0.6) is 0 Å². The molecule has 0 spiro atoms. The second kappa shape index (κ2) is 6.41. The predicted octanol–water partition coefficient (Wildman–Crippen LogP) is 4.22. The molecule has 1 N–H and O–H groups in total. The van der Waals surface area contributed by atoms with Gasteiger partial charge in [0, 0.05) is 23.7 Å². The van der Waals surface area contributed by atoms with Gasteiger partial charge in [0.2, 0.25) is 0 Å². The smallest absolute Gasteiger partial charge is 0.128 e. The molecule has 0 heterocycles. The maximum Gasteiger partial charge on any atom is 0.128 e. The Morgan fingerprint density at radius 1 is 1.00 bits per heavy atom. The summed E-state index contributed by atoms with van der Waals surface area (Å²) in [5.74, 6) is 0.450. The summed E-state index contributed by atoms with van der Waals surface area (Å²) >= 11 is 5.68. The molecule has 1 nitrogen and oxygen atoms in total. The van der Waals surface area contributed by atoms with Gasteiger partial charge in [-0.25, -0.2) is 4.39 Å². The van der Waals surface area contributed by atoms with Crippen LogP contribution in [0.1, 0.15) is 11.1 Å². The van der Waals surface area contributed by atoms with Crippen molar-refractivity contribution in [2.45, 2.75) is 13.0 Å². The number of rotatable bonds is 5. The highest BCUT2D eigenvalue weighted by Crippen LogP contribution is 2.13. The summed E-state index contributed by atoms with van der Waals surface area (Å²) < 4.78 is 13.4. The van der Waals surface area contributed by atoms with Gasteiger partial charge >= 0.3 is 0 Å². The lowest BCUT2D eigenvalue weighted by Crippen LogP contribution is -2.01. The van der Waals surface area contributed by atoms with Gasteiger partial charge in [-0.2, -0.15) is 0 Å². The molecule has 2 aromatic rings. The number of halogens is 2. The van der Waals surface area contributed by atoms with Crippen LogP contribution in [0.2, 0.25) is 0 Å². The van der Waals surface area contributed by atoms with Crippen LogP contribution in [0.3, 0.4) is 0 Å². The fourth-order valence-corrected chi connectivity index (χ4v) is 1.96. The molecule has 2 aromatic carbocycles.